The topological polar surface area (TPSA) is 78.9 Å². The van der Waals surface area contributed by atoms with Gasteiger partial charge in [-0.2, -0.15) is 0 Å². The Labute approximate surface area is 404 Å². The average molecular weight is 909 g/mol. The molecule has 0 aromatic rings. The lowest BCUT2D eigenvalue weighted by molar-refractivity contribution is -0.166. The van der Waals surface area contributed by atoms with E-state index in [2.05, 4.69) is 154 Å². The van der Waals surface area contributed by atoms with Gasteiger partial charge in [0.05, 0.1) is 0 Å². The summed E-state index contributed by atoms with van der Waals surface area (Å²) in [4.78, 5) is 37.9. The van der Waals surface area contributed by atoms with Crippen molar-refractivity contribution in [3.05, 3.63) is 146 Å². The van der Waals surface area contributed by atoms with Gasteiger partial charge in [0.2, 0.25) is 0 Å². The van der Waals surface area contributed by atoms with E-state index in [1.165, 1.54) is 32.1 Å². The molecule has 6 nitrogen and oxygen atoms in total. The van der Waals surface area contributed by atoms with Crippen LogP contribution in [0.5, 0.6) is 0 Å². The summed E-state index contributed by atoms with van der Waals surface area (Å²) in [5.41, 5.74) is 0. The largest absolute Gasteiger partial charge is 0.462 e. The summed E-state index contributed by atoms with van der Waals surface area (Å²) in [6, 6.07) is 0. The first kappa shape index (κ1) is 61.3. The minimum absolute atomic E-state index is 0.135. The maximum atomic E-state index is 12.8. The Morgan fingerprint density at radius 2 is 0.636 bits per heavy atom. The lowest BCUT2D eigenvalue weighted by atomic mass is 10.1. The molecule has 6 heteroatoms. The van der Waals surface area contributed by atoms with Crippen molar-refractivity contribution in [2.75, 3.05) is 13.2 Å². The number of ether oxygens (including phenoxy) is 3. The molecule has 0 N–H and O–H groups in total. The van der Waals surface area contributed by atoms with Crippen LogP contribution in [0.3, 0.4) is 0 Å². The summed E-state index contributed by atoms with van der Waals surface area (Å²) < 4.78 is 16.7. The molecule has 0 saturated carbocycles. The quantitative estimate of drug-likeness (QED) is 0.0262. The maximum absolute atomic E-state index is 12.8. The van der Waals surface area contributed by atoms with Crippen molar-refractivity contribution < 1.29 is 28.6 Å². The van der Waals surface area contributed by atoms with Crippen LogP contribution in [-0.4, -0.2) is 37.2 Å². The second kappa shape index (κ2) is 52.9. The number of carbonyl (C=O) groups excluding carboxylic acids is 3. The van der Waals surface area contributed by atoms with Crippen LogP contribution < -0.4 is 0 Å². The molecule has 0 radical (unpaired) electrons. The van der Waals surface area contributed by atoms with Gasteiger partial charge in [0.1, 0.15) is 13.2 Å². The van der Waals surface area contributed by atoms with Crippen molar-refractivity contribution in [2.45, 2.75) is 200 Å². The number of unbranched alkanes of at least 4 members (excludes halogenated alkanes) is 9. The van der Waals surface area contributed by atoms with Crippen LogP contribution in [0.15, 0.2) is 146 Å². The smallest absolute Gasteiger partial charge is 0.306 e. The number of esters is 3. The van der Waals surface area contributed by atoms with E-state index < -0.39 is 12.1 Å². The van der Waals surface area contributed by atoms with Crippen LogP contribution in [0.2, 0.25) is 0 Å². The van der Waals surface area contributed by atoms with Gasteiger partial charge in [-0.1, -0.05) is 199 Å². The second-order valence-corrected chi connectivity index (χ2v) is 16.3. The predicted molar refractivity (Wildman–Crippen MR) is 283 cm³/mol. The maximum Gasteiger partial charge on any atom is 0.306 e. The zero-order valence-corrected chi connectivity index (χ0v) is 41.9. The predicted octanol–water partition coefficient (Wildman–Crippen LogP) is 17.3. The highest BCUT2D eigenvalue weighted by atomic mass is 16.6. The highest BCUT2D eigenvalue weighted by Crippen LogP contribution is 2.11. The third-order valence-electron chi connectivity index (χ3n) is 10.1. The molecule has 0 bridgehead atoms. The van der Waals surface area contributed by atoms with Crippen molar-refractivity contribution >= 4 is 17.9 Å². The standard InChI is InChI=1S/C60H92O6/c1-4-7-10-13-16-19-22-25-27-29-30-32-33-35-38-41-44-47-50-53-59(62)65-56-57(55-64-58(61)52-49-46-43-40-37-24-21-18-15-12-9-6-3)66-60(63)54-51-48-45-42-39-36-34-31-28-26-23-20-17-14-11-8-5-2/h7-8,10-11,16-21,25-28,30,32,34-36,38,42,44-45,47,57H,4-6,9,12-15,22-24,29,31,33,37,39-41,43,46,48-56H2,1-3H3/b10-7-,11-8-,19-16-,20-17-,21-18-,27-25-,28-26-,32-30-,36-34-,38-35-,45-42-,47-44-/t57-/m1/s1. The van der Waals surface area contributed by atoms with Crippen molar-refractivity contribution in [2.24, 2.45) is 0 Å². The number of rotatable bonds is 44. The third kappa shape index (κ3) is 50.3. The summed E-state index contributed by atoms with van der Waals surface area (Å²) >= 11 is 0. The SMILES string of the molecule is CC/C=C\C/C=C\C/C=C\C/C=C\C/C=C\C/C=C\CCC(=O)OC[C@@H](COC(=O)CCCCCCC/C=C\CCCCC)OC(=O)CCC/C=C\C/C=C\C/C=C\C/C=C\C/C=C\CC. The first-order valence-electron chi connectivity index (χ1n) is 25.8. The van der Waals surface area contributed by atoms with Crippen molar-refractivity contribution in [3.63, 3.8) is 0 Å². The van der Waals surface area contributed by atoms with Crippen LogP contribution >= 0.6 is 0 Å². The van der Waals surface area contributed by atoms with Gasteiger partial charge in [-0.05, 0) is 122 Å². The lowest BCUT2D eigenvalue weighted by Gasteiger charge is -2.18. The average Bonchev–Trinajstić information content (AvgIpc) is 3.31. The van der Waals surface area contributed by atoms with E-state index in [-0.39, 0.29) is 38.0 Å². The number of allylic oxidation sites excluding steroid dienone is 24. The van der Waals surface area contributed by atoms with E-state index in [0.29, 0.717) is 19.3 Å². The molecule has 368 valence electrons. The van der Waals surface area contributed by atoms with Crippen LogP contribution in [0, 0.1) is 0 Å². The monoisotopic (exact) mass is 909 g/mol. The van der Waals surface area contributed by atoms with Gasteiger partial charge in [0, 0.05) is 19.3 Å². The van der Waals surface area contributed by atoms with Crippen molar-refractivity contribution in [1.82, 2.24) is 0 Å². The molecule has 0 aromatic carbocycles. The number of carbonyl (C=O) groups is 3. The van der Waals surface area contributed by atoms with Crippen LogP contribution in [0.25, 0.3) is 0 Å². The molecule has 0 unspecified atom stereocenters. The van der Waals surface area contributed by atoms with Gasteiger partial charge in [0.25, 0.3) is 0 Å². The van der Waals surface area contributed by atoms with Crippen LogP contribution in [-0.2, 0) is 28.6 Å². The fourth-order valence-electron chi connectivity index (χ4n) is 6.26. The Morgan fingerprint density at radius 3 is 1.08 bits per heavy atom. The Bertz CT molecular complexity index is 1510. The van der Waals surface area contributed by atoms with E-state index in [9.17, 15) is 14.4 Å². The molecule has 0 saturated heterocycles. The molecule has 66 heavy (non-hydrogen) atoms. The van der Waals surface area contributed by atoms with Gasteiger partial charge in [-0.25, -0.2) is 0 Å². The third-order valence-corrected chi connectivity index (χ3v) is 10.1. The van der Waals surface area contributed by atoms with E-state index in [1.807, 2.05) is 12.2 Å². The molecule has 0 aliphatic carbocycles. The molecule has 0 aliphatic rings. The molecule has 0 spiro atoms. The first-order chi connectivity index (χ1) is 32.5. The zero-order valence-electron chi connectivity index (χ0n) is 41.9. The van der Waals surface area contributed by atoms with Crippen LogP contribution in [0.4, 0.5) is 0 Å². The number of hydrogen-bond acceptors (Lipinski definition) is 6. The second-order valence-electron chi connectivity index (χ2n) is 16.3. The van der Waals surface area contributed by atoms with E-state index in [0.717, 1.165) is 109 Å². The molecule has 0 aliphatic heterocycles. The Hall–Kier alpha value is -4.71. The fourth-order valence-corrected chi connectivity index (χ4v) is 6.26. The minimum atomic E-state index is -0.847. The molecular formula is C60H92O6. The highest BCUT2D eigenvalue weighted by molar-refractivity contribution is 5.71. The molecule has 0 rings (SSSR count). The summed E-state index contributed by atoms with van der Waals surface area (Å²) in [6.07, 6.45) is 75.6. The normalized spacial score (nSPS) is 13.3. The van der Waals surface area contributed by atoms with E-state index in [1.54, 1.807) is 0 Å². The summed E-state index contributed by atoms with van der Waals surface area (Å²) in [5, 5.41) is 0. The first-order valence-corrected chi connectivity index (χ1v) is 25.8. The van der Waals surface area contributed by atoms with Crippen molar-refractivity contribution in [1.29, 1.82) is 0 Å². The zero-order chi connectivity index (χ0) is 47.9. The van der Waals surface area contributed by atoms with Gasteiger partial charge in [0.15, 0.2) is 6.10 Å². The van der Waals surface area contributed by atoms with E-state index in [4.69, 9.17) is 14.2 Å². The Morgan fingerprint density at radius 1 is 0.318 bits per heavy atom. The minimum Gasteiger partial charge on any atom is -0.462 e. The van der Waals surface area contributed by atoms with Crippen molar-refractivity contribution in [3.8, 4) is 0 Å². The lowest BCUT2D eigenvalue weighted by Crippen LogP contribution is -2.30. The molecule has 0 amide bonds. The molecule has 0 aromatic heterocycles. The fraction of sp³-hybridized carbons (Fsp3) is 0.550. The summed E-state index contributed by atoms with van der Waals surface area (Å²) in [6.45, 7) is 6.23. The molecule has 0 fully saturated rings. The molecule has 1 atom stereocenters. The van der Waals surface area contributed by atoms with E-state index >= 15 is 0 Å². The van der Waals surface area contributed by atoms with Crippen LogP contribution in [0.1, 0.15) is 194 Å². The van der Waals surface area contributed by atoms with Gasteiger partial charge >= 0.3 is 17.9 Å². The summed E-state index contributed by atoms with van der Waals surface area (Å²) in [7, 11) is 0. The molecular weight excluding hydrogens is 817 g/mol. The number of hydrogen-bond donors (Lipinski definition) is 0. The van der Waals surface area contributed by atoms with Gasteiger partial charge in [-0.3, -0.25) is 14.4 Å². The summed E-state index contributed by atoms with van der Waals surface area (Å²) in [5.74, 6) is -1.10. The van der Waals surface area contributed by atoms with Gasteiger partial charge in [-0.15, -0.1) is 0 Å². The van der Waals surface area contributed by atoms with Gasteiger partial charge < -0.3 is 14.2 Å². The molecule has 0 heterocycles. The Kier molecular flexibility index (Phi) is 49.1. The highest BCUT2D eigenvalue weighted by Gasteiger charge is 2.19. The Balaban J connectivity index is 4.63.